The molecule has 0 saturated carbocycles. The van der Waals surface area contributed by atoms with Crippen molar-refractivity contribution < 1.29 is 19.5 Å². The van der Waals surface area contributed by atoms with Gasteiger partial charge in [-0.1, -0.05) is 30.3 Å². The number of rotatable bonds is 2. The lowest BCUT2D eigenvalue weighted by molar-refractivity contribution is -0.138. The molecule has 1 N–H and O–H groups in total. The third-order valence-electron chi connectivity index (χ3n) is 2.49. The molecule has 4 heteroatoms. The molecule has 1 aromatic carbocycles. The van der Waals surface area contributed by atoms with E-state index in [9.17, 15) is 14.4 Å². The van der Waals surface area contributed by atoms with Crippen LogP contribution < -0.4 is 0 Å². The van der Waals surface area contributed by atoms with Crippen LogP contribution in [0.4, 0.5) is 0 Å². The van der Waals surface area contributed by atoms with E-state index in [1.807, 2.05) is 30.3 Å². The Morgan fingerprint density at radius 3 is 1.74 bits per heavy atom. The zero-order chi connectivity index (χ0) is 14.3. The molecule has 0 radical (unpaired) electrons. The van der Waals surface area contributed by atoms with Crippen LogP contribution >= 0.6 is 0 Å². The van der Waals surface area contributed by atoms with Gasteiger partial charge in [-0.3, -0.25) is 14.4 Å². The average Bonchev–Trinajstić information content (AvgIpc) is 2.43. The van der Waals surface area contributed by atoms with Gasteiger partial charge in [0.15, 0.2) is 11.6 Å². The van der Waals surface area contributed by atoms with Gasteiger partial charge in [0.25, 0.3) is 0 Å². The maximum atomic E-state index is 10.5. The molecule has 0 amide bonds. The van der Waals surface area contributed by atoms with Crippen molar-refractivity contribution in [3.8, 4) is 0 Å². The van der Waals surface area contributed by atoms with Gasteiger partial charge < -0.3 is 5.11 Å². The van der Waals surface area contributed by atoms with Gasteiger partial charge in [-0.05, 0) is 36.8 Å². The largest absolute Gasteiger partial charge is 0.481 e. The van der Waals surface area contributed by atoms with Crippen molar-refractivity contribution in [2.24, 2.45) is 0 Å². The van der Waals surface area contributed by atoms with Crippen LogP contribution in [-0.4, -0.2) is 22.6 Å². The monoisotopic (exact) mass is 258 g/mol. The molecular formula is C15H14O4. The lowest BCUT2D eigenvalue weighted by atomic mass is 10.0. The zero-order valence-corrected chi connectivity index (χ0v) is 10.4. The van der Waals surface area contributed by atoms with E-state index in [-0.39, 0.29) is 11.6 Å². The van der Waals surface area contributed by atoms with Crippen molar-refractivity contribution >= 4 is 17.5 Å². The molecule has 1 atom stereocenters. The summed E-state index contributed by atoms with van der Waals surface area (Å²) in [6, 6.07) is 9.19. The van der Waals surface area contributed by atoms with Crippen LogP contribution in [0, 0.1) is 0 Å². The fraction of sp³-hybridized carbons (Fsp3) is 0.133. The zero-order valence-electron chi connectivity index (χ0n) is 10.4. The van der Waals surface area contributed by atoms with Gasteiger partial charge in [0, 0.05) is 0 Å². The normalized spacial score (nSPS) is 14.6. The summed E-state index contributed by atoms with van der Waals surface area (Å²) in [7, 11) is 0. The topological polar surface area (TPSA) is 71.4 Å². The highest BCUT2D eigenvalue weighted by atomic mass is 16.4. The molecule has 2 rings (SSSR count). The molecule has 98 valence electrons. The van der Waals surface area contributed by atoms with Gasteiger partial charge in [-0.2, -0.15) is 0 Å². The van der Waals surface area contributed by atoms with Gasteiger partial charge in [0.05, 0.1) is 5.92 Å². The number of allylic oxidation sites excluding steroid dienone is 4. The molecular weight excluding hydrogens is 244 g/mol. The Labute approximate surface area is 111 Å². The first-order valence-corrected chi connectivity index (χ1v) is 5.72. The van der Waals surface area contributed by atoms with E-state index in [0.717, 1.165) is 5.56 Å². The molecule has 0 aliphatic heterocycles. The highest BCUT2D eigenvalue weighted by molar-refractivity contribution is 6.14. The van der Waals surface area contributed by atoms with Crippen molar-refractivity contribution in [1.82, 2.24) is 0 Å². The Kier molecular flexibility index (Phi) is 5.41. The Morgan fingerprint density at radius 2 is 1.37 bits per heavy atom. The van der Waals surface area contributed by atoms with E-state index in [1.165, 1.54) is 24.3 Å². The standard InChI is InChI=1S/C9H10O2.C6H4O2/c1-7(9(10)11)8-5-3-2-4-6-8;7-5-1-2-6(8)4-3-5/h2-7H,1H3,(H,10,11);1-4H. The van der Waals surface area contributed by atoms with Crippen molar-refractivity contribution in [3.63, 3.8) is 0 Å². The highest BCUT2D eigenvalue weighted by Gasteiger charge is 2.11. The van der Waals surface area contributed by atoms with Crippen LogP contribution in [0.3, 0.4) is 0 Å². The Morgan fingerprint density at radius 1 is 0.947 bits per heavy atom. The summed E-state index contributed by atoms with van der Waals surface area (Å²) in [5, 5.41) is 8.64. The number of hydrogen-bond acceptors (Lipinski definition) is 3. The number of carboxylic acids is 1. The number of hydrogen-bond donors (Lipinski definition) is 1. The minimum Gasteiger partial charge on any atom is -0.481 e. The number of carbonyl (C=O) groups excluding carboxylic acids is 2. The molecule has 1 unspecified atom stereocenters. The summed E-state index contributed by atoms with van der Waals surface area (Å²) in [6.45, 7) is 1.68. The quantitative estimate of drug-likeness (QED) is 0.825. The van der Waals surface area contributed by atoms with Crippen LogP contribution in [-0.2, 0) is 14.4 Å². The molecule has 0 fully saturated rings. The fourth-order valence-electron chi connectivity index (χ4n) is 1.32. The molecule has 0 bridgehead atoms. The van der Waals surface area contributed by atoms with Gasteiger partial charge in [0.1, 0.15) is 0 Å². The first-order chi connectivity index (χ1) is 9.00. The summed E-state index contributed by atoms with van der Waals surface area (Å²) >= 11 is 0. The number of carboxylic acid groups (broad SMARTS) is 1. The molecule has 0 aromatic heterocycles. The summed E-state index contributed by atoms with van der Waals surface area (Å²) in [5.41, 5.74) is 0.847. The lowest BCUT2D eigenvalue weighted by Gasteiger charge is -2.04. The number of carbonyl (C=O) groups is 3. The third kappa shape index (κ3) is 5.12. The minimum atomic E-state index is -0.781. The van der Waals surface area contributed by atoms with Crippen LogP contribution in [0.5, 0.6) is 0 Å². The second-order valence-electron chi connectivity index (χ2n) is 3.94. The first kappa shape index (κ1) is 14.6. The summed E-state index contributed by atoms with van der Waals surface area (Å²) in [4.78, 5) is 31.1. The predicted octanol–water partition coefficient (Wildman–Crippen LogP) is 2.13. The van der Waals surface area contributed by atoms with Crippen molar-refractivity contribution in [1.29, 1.82) is 0 Å². The predicted molar refractivity (Wildman–Crippen MR) is 70.8 cm³/mol. The molecule has 1 aromatic rings. The van der Waals surface area contributed by atoms with Gasteiger partial charge >= 0.3 is 5.97 Å². The van der Waals surface area contributed by atoms with E-state index >= 15 is 0 Å². The second kappa shape index (κ2) is 7.06. The summed E-state index contributed by atoms with van der Waals surface area (Å²) in [6.07, 6.45) is 5.01. The van der Waals surface area contributed by atoms with E-state index in [4.69, 9.17) is 5.11 Å². The second-order valence-corrected chi connectivity index (χ2v) is 3.94. The van der Waals surface area contributed by atoms with E-state index < -0.39 is 11.9 Å². The maximum absolute atomic E-state index is 10.5. The molecule has 0 saturated heterocycles. The lowest BCUT2D eigenvalue weighted by Crippen LogP contribution is -2.06. The van der Waals surface area contributed by atoms with Crippen molar-refractivity contribution in [3.05, 3.63) is 60.2 Å². The third-order valence-corrected chi connectivity index (χ3v) is 2.49. The minimum absolute atomic E-state index is 0.121. The molecule has 0 heterocycles. The highest BCUT2D eigenvalue weighted by Crippen LogP contribution is 2.13. The Balaban J connectivity index is 0.000000200. The van der Waals surface area contributed by atoms with Crippen LogP contribution in [0.1, 0.15) is 18.4 Å². The number of aliphatic carboxylic acids is 1. The Bertz CT molecular complexity index is 488. The smallest absolute Gasteiger partial charge is 0.310 e. The number of benzene rings is 1. The van der Waals surface area contributed by atoms with Crippen molar-refractivity contribution in [2.45, 2.75) is 12.8 Å². The maximum Gasteiger partial charge on any atom is 0.310 e. The SMILES string of the molecule is CC(C(=O)O)c1ccccc1.O=C1C=CC(=O)C=C1. The average molecular weight is 258 g/mol. The molecule has 4 nitrogen and oxygen atoms in total. The summed E-state index contributed by atoms with van der Waals surface area (Å²) < 4.78 is 0. The number of ketones is 2. The van der Waals surface area contributed by atoms with E-state index in [2.05, 4.69) is 0 Å². The van der Waals surface area contributed by atoms with E-state index in [0.29, 0.717) is 0 Å². The van der Waals surface area contributed by atoms with E-state index in [1.54, 1.807) is 6.92 Å². The molecule has 19 heavy (non-hydrogen) atoms. The summed E-state index contributed by atoms with van der Waals surface area (Å²) in [5.74, 6) is -1.43. The fourth-order valence-corrected chi connectivity index (χ4v) is 1.32. The Hall–Kier alpha value is -2.49. The first-order valence-electron chi connectivity index (χ1n) is 5.72. The molecule has 1 aliphatic rings. The van der Waals surface area contributed by atoms with Crippen LogP contribution in [0.2, 0.25) is 0 Å². The molecule has 1 aliphatic carbocycles. The van der Waals surface area contributed by atoms with Crippen LogP contribution in [0.15, 0.2) is 54.6 Å². The molecule has 0 spiro atoms. The van der Waals surface area contributed by atoms with Gasteiger partial charge in [-0.15, -0.1) is 0 Å². The van der Waals surface area contributed by atoms with Gasteiger partial charge in [0.2, 0.25) is 0 Å². The van der Waals surface area contributed by atoms with Crippen LogP contribution in [0.25, 0.3) is 0 Å². The van der Waals surface area contributed by atoms with Crippen molar-refractivity contribution in [2.75, 3.05) is 0 Å². The van der Waals surface area contributed by atoms with Gasteiger partial charge in [-0.25, -0.2) is 0 Å².